The van der Waals surface area contributed by atoms with Gasteiger partial charge in [0.25, 0.3) is 0 Å². The fourth-order valence-corrected chi connectivity index (χ4v) is 2.63. The van der Waals surface area contributed by atoms with Crippen molar-refractivity contribution in [3.05, 3.63) is 71.9 Å². The van der Waals surface area contributed by atoms with E-state index in [1.54, 1.807) is 11.9 Å². The first kappa shape index (κ1) is 11.4. The van der Waals surface area contributed by atoms with Gasteiger partial charge in [-0.15, -0.1) is 0 Å². The van der Waals surface area contributed by atoms with E-state index >= 15 is 0 Å². The molecule has 90 valence electrons. The lowest BCUT2D eigenvalue weighted by Gasteiger charge is -2.27. The number of fused-ring (bicyclic) bond motifs is 1. The molecule has 0 amide bonds. The molecule has 0 unspecified atom stereocenters. The summed E-state index contributed by atoms with van der Waals surface area (Å²) < 4.78 is 0. The van der Waals surface area contributed by atoms with Gasteiger partial charge in [-0.05, 0) is 35.2 Å². The largest absolute Gasteiger partial charge is 0.301 e. The van der Waals surface area contributed by atoms with Gasteiger partial charge in [-0.2, -0.15) is 4.83 Å². The minimum absolute atomic E-state index is 0.895. The standard InChI is InChI=1S/C15H14N2S/c1-2-6-13(7-3-1)10-11-17-12-14-8-4-5-9-15(14)18-16-17/h1-11,16H,12H2. The summed E-state index contributed by atoms with van der Waals surface area (Å²) in [6.07, 6.45) is 4.19. The molecule has 0 bridgehead atoms. The molecule has 0 saturated heterocycles. The second kappa shape index (κ2) is 5.29. The predicted octanol–water partition coefficient (Wildman–Crippen LogP) is 3.68. The van der Waals surface area contributed by atoms with Crippen molar-refractivity contribution in [3.8, 4) is 0 Å². The highest BCUT2D eigenvalue weighted by Gasteiger charge is 2.12. The van der Waals surface area contributed by atoms with E-state index in [1.807, 2.05) is 18.2 Å². The lowest BCUT2D eigenvalue weighted by molar-refractivity contribution is 0.337. The van der Waals surface area contributed by atoms with Gasteiger partial charge in [0.2, 0.25) is 0 Å². The highest BCUT2D eigenvalue weighted by atomic mass is 32.2. The Balaban J connectivity index is 1.72. The Labute approximate surface area is 111 Å². The SMILES string of the molecule is C(=CN1Cc2ccccc2SN1)c1ccccc1. The second-order valence-electron chi connectivity index (χ2n) is 4.16. The van der Waals surface area contributed by atoms with Crippen LogP contribution in [-0.2, 0) is 6.54 Å². The van der Waals surface area contributed by atoms with E-state index < -0.39 is 0 Å². The maximum absolute atomic E-state index is 3.31. The van der Waals surface area contributed by atoms with Crippen LogP contribution in [0.5, 0.6) is 0 Å². The van der Waals surface area contributed by atoms with Crippen LogP contribution in [0.25, 0.3) is 6.08 Å². The van der Waals surface area contributed by atoms with Gasteiger partial charge in [0.05, 0.1) is 6.54 Å². The Kier molecular flexibility index (Phi) is 3.35. The lowest BCUT2D eigenvalue weighted by atomic mass is 10.2. The van der Waals surface area contributed by atoms with E-state index in [4.69, 9.17) is 0 Å². The Hall–Kier alpha value is -1.71. The number of nitrogens with zero attached hydrogens (tertiary/aromatic N) is 1. The van der Waals surface area contributed by atoms with Gasteiger partial charge in [0, 0.05) is 11.1 Å². The van der Waals surface area contributed by atoms with Crippen molar-refractivity contribution in [1.82, 2.24) is 9.84 Å². The molecule has 0 fully saturated rings. The van der Waals surface area contributed by atoms with E-state index in [-0.39, 0.29) is 0 Å². The first-order valence-electron chi connectivity index (χ1n) is 5.92. The maximum atomic E-state index is 3.31. The molecule has 1 aliphatic rings. The van der Waals surface area contributed by atoms with Crippen LogP contribution in [0.3, 0.4) is 0 Å². The molecule has 0 atom stereocenters. The topological polar surface area (TPSA) is 15.3 Å². The molecule has 1 aliphatic heterocycles. The van der Waals surface area contributed by atoms with Crippen LogP contribution in [-0.4, -0.2) is 5.01 Å². The zero-order valence-electron chi connectivity index (χ0n) is 9.91. The van der Waals surface area contributed by atoms with Crippen molar-refractivity contribution >= 4 is 18.0 Å². The summed E-state index contributed by atoms with van der Waals surface area (Å²) in [5.41, 5.74) is 2.57. The van der Waals surface area contributed by atoms with E-state index in [0.29, 0.717) is 0 Å². The molecule has 2 aromatic rings. The molecule has 3 heteroatoms. The number of hydrazine groups is 1. The Morgan fingerprint density at radius 3 is 2.67 bits per heavy atom. The highest BCUT2D eigenvalue weighted by molar-refractivity contribution is 7.97. The third-order valence-electron chi connectivity index (χ3n) is 2.83. The van der Waals surface area contributed by atoms with Crippen LogP contribution in [0.1, 0.15) is 11.1 Å². The van der Waals surface area contributed by atoms with Crippen molar-refractivity contribution in [1.29, 1.82) is 0 Å². The molecule has 18 heavy (non-hydrogen) atoms. The summed E-state index contributed by atoms with van der Waals surface area (Å²) >= 11 is 1.66. The molecule has 0 aliphatic carbocycles. The van der Waals surface area contributed by atoms with Gasteiger partial charge in [0.15, 0.2) is 0 Å². The summed E-state index contributed by atoms with van der Waals surface area (Å²) in [4.78, 5) is 4.62. The molecule has 0 saturated carbocycles. The number of hydrogen-bond acceptors (Lipinski definition) is 3. The van der Waals surface area contributed by atoms with Gasteiger partial charge in [-0.25, -0.2) is 0 Å². The van der Waals surface area contributed by atoms with Crippen LogP contribution in [0.4, 0.5) is 0 Å². The minimum atomic E-state index is 0.895. The average molecular weight is 254 g/mol. The lowest BCUT2D eigenvalue weighted by Crippen LogP contribution is -2.30. The summed E-state index contributed by atoms with van der Waals surface area (Å²) in [7, 11) is 0. The van der Waals surface area contributed by atoms with Crippen molar-refractivity contribution in [3.63, 3.8) is 0 Å². The minimum Gasteiger partial charge on any atom is -0.301 e. The predicted molar refractivity (Wildman–Crippen MR) is 76.5 cm³/mol. The van der Waals surface area contributed by atoms with Gasteiger partial charge in [-0.1, -0.05) is 48.5 Å². The average Bonchev–Trinajstić information content (AvgIpc) is 2.46. The zero-order valence-corrected chi connectivity index (χ0v) is 10.7. The maximum Gasteiger partial charge on any atom is 0.0608 e. The number of rotatable bonds is 2. The molecular weight excluding hydrogens is 240 g/mol. The molecule has 2 aromatic carbocycles. The number of hydrogen-bond donors (Lipinski definition) is 1. The Morgan fingerprint density at radius 1 is 1.00 bits per heavy atom. The molecular formula is C15H14N2S. The number of benzene rings is 2. The molecule has 3 rings (SSSR count). The van der Waals surface area contributed by atoms with E-state index in [1.165, 1.54) is 16.0 Å². The summed E-state index contributed by atoms with van der Waals surface area (Å²) in [5.74, 6) is 0. The fourth-order valence-electron chi connectivity index (χ4n) is 1.88. The van der Waals surface area contributed by atoms with Gasteiger partial charge >= 0.3 is 0 Å². The van der Waals surface area contributed by atoms with E-state index in [9.17, 15) is 0 Å². The molecule has 1 N–H and O–H groups in total. The summed E-state index contributed by atoms with van der Waals surface area (Å²) in [5, 5.41) is 2.10. The van der Waals surface area contributed by atoms with Crippen molar-refractivity contribution in [2.45, 2.75) is 11.4 Å². The van der Waals surface area contributed by atoms with Crippen LogP contribution >= 0.6 is 11.9 Å². The number of nitrogens with one attached hydrogen (secondary N) is 1. The molecule has 1 heterocycles. The van der Waals surface area contributed by atoms with Gasteiger partial charge in [-0.3, -0.25) is 0 Å². The van der Waals surface area contributed by atoms with Crippen molar-refractivity contribution in [2.75, 3.05) is 0 Å². The third-order valence-corrected chi connectivity index (χ3v) is 3.78. The van der Waals surface area contributed by atoms with Crippen molar-refractivity contribution < 1.29 is 0 Å². The highest BCUT2D eigenvalue weighted by Crippen LogP contribution is 2.26. The van der Waals surface area contributed by atoms with Crippen LogP contribution in [0.15, 0.2) is 65.7 Å². The first-order valence-corrected chi connectivity index (χ1v) is 6.74. The summed E-state index contributed by atoms with van der Waals surface area (Å²) in [6, 6.07) is 18.8. The molecule has 0 spiro atoms. The molecule has 0 radical (unpaired) electrons. The normalized spacial score (nSPS) is 14.8. The Morgan fingerprint density at radius 2 is 1.78 bits per heavy atom. The van der Waals surface area contributed by atoms with Crippen LogP contribution in [0.2, 0.25) is 0 Å². The first-order chi connectivity index (χ1) is 8.92. The molecule has 0 aromatic heterocycles. The molecule has 2 nitrogen and oxygen atoms in total. The zero-order chi connectivity index (χ0) is 12.2. The van der Waals surface area contributed by atoms with Crippen LogP contribution < -0.4 is 4.83 Å². The monoisotopic (exact) mass is 254 g/mol. The Bertz CT molecular complexity index is 551. The van der Waals surface area contributed by atoms with Crippen molar-refractivity contribution in [2.24, 2.45) is 0 Å². The third kappa shape index (κ3) is 2.58. The fraction of sp³-hybridized carbons (Fsp3) is 0.0667. The van der Waals surface area contributed by atoms with Gasteiger partial charge in [0.1, 0.15) is 0 Å². The smallest absolute Gasteiger partial charge is 0.0608 e. The second-order valence-corrected chi connectivity index (χ2v) is 4.98. The van der Waals surface area contributed by atoms with Crippen LogP contribution in [0, 0.1) is 0 Å². The van der Waals surface area contributed by atoms with Gasteiger partial charge < -0.3 is 5.01 Å². The quantitative estimate of drug-likeness (QED) is 0.823. The summed E-state index contributed by atoms with van der Waals surface area (Å²) in [6.45, 7) is 0.895. The van der Waals surface area contributed by atoms with E-state index in [2.05, 4.69) is 58.5 Å². The van der Waals surface area contributed by atoms with E-state index in [0.717, 1.165) is 6.54 Å².